The summed E-state index contributed by atoms with van der Waals surface area (Å²) in [4.78, 5) is 25.1. The normalized spacial score (nSPS) is 14.7. The Morgan fingerprint density at radius 1 is 1.08 bits per heavy atom. The van der Waals surface area contributed by atoms with Crippen LogP contribution in [0.25, 0.3) is 17.0 Å². The molecule has 0 radical (unpaired) electrons. The van der Waals surface area contributed by atoms with E-state index in [4.69, 9.17) is 9.15 Å². The van der Waals surface area contributed by atoms with Gasteiger partial charge < -0.3 is 9.15 Å². The van der Waals surface area contributed by atoms with Crippen molar-refractivity contribution in [2.24, 2.45) is 0 Å². The molecule has 4 rings (SSSR count). The van der Waals surface area contributed by atoms with Gasteiger partial charge in [0, 0.05) is 22.6 Å². The standard InChI is InChI=1S/C22H18O4/c1-13-15-9-10-22(2,3)26-19(15)12-18-16(13)11-17(21(24)25-18)20(23)14-7-5-4-6-8-14/h4-12H,1-3H3. The molecule has 1 aliphatic heterocycles. The maximum atomic E-state index is 12.7. The molecule has 0 spiro atoms. The van der Waals surface area contributed by atoms with Crippen LogP contribution in [0.15, 0.2) is 57.8 Å². The van der Waals surface area contributed by atoms with Crippen LogP contribution in [0.2, 0.25) is 0 Å². The lowest BCUT2D eigenvalue weighted by atomic mass is 9.95. The Morgan fingerprint density at radius 2 is 1.81 bits per heavy atom. The number of ether oxygens (including phenoxy) is 1. The van der Waals surface area contributed by atoms with Crippen LogP contribution in [0.1, 0.15) is 40.9 Å². The van der Waals surface area contributed by atoms with Gasteiger partial charge in [-0.2, -0.15) is 0 Å². The summed E-state index contributed by atoms with van der Waals surface area (Å²) in [5.74, 6) is 0.332. The van der Waals surface area contributed by atoms with Crippen molar-refractivity contribution >= 4 is 22.8 Å². The molecule has 4 nitrogen and oxygen atoms in total. The smallest absolute Gasteiger partial charge is 0.347 e. The van der Waals surface area contributed by atoms with E-state index in [0.29, 0.717) is 16.9 Å². The molecule has 2 aromatic carbocycles. The third-order valence-electron chi connectivity index (χ3n) is 4.62. The van der Waals surface area contributed by atoms with Crippen LogP contribution in [0.3, 0.4) is 0 Å². The Balaban J connectivity index is 1.92. The van der Waals surface area contributed by atoms with E-state index in [-0.39, 0.29) is 11.3 Å². The van der Waals surface area contributed by atoms with Crippen molar-refractivity contribution in [1.29, 1.82) is 0 Å². The second-order valence-electron chi connectivity index (χ2n) is 7.01. The van der Waals surface area contributed by atoms with Gasteiger partial charge in [0.25, 0.3) is 0 Å². The van der Waals surface area contributed by atoms with Crippen molar-refractivity contribution < 1.29 is 13.9 Å². The van der Waals surface area contributed by atoms with Crippen LogP contribution in [-0.2, 0) is 0 Å². The number of ketones is 1. The minimum absolute atomic E-state index is 0.0350. The Labute approximate surface area is 150 Å². The summed E-state index contributed by atoms with van der Waals surface area (Å²) in [6.07, 6.45) is 4.00. The van der Waals surface area contributed by atoms with E-state index in [1.54, 1.807) is 36.4 Å². The molecule has 1 aromatic heterocycles. The zero-order valence-electron chi connectivity index (χ0n) is 14.8. The average molecular weight is 346 g/mol. The molecule has 0 aliphatic carbocycles. The van der Waals surface area contributed by atoms with Gasteiger partial charge in [0.1, 0.15) is 22.5 Å². The van der Waals surface area contributed by atoms with Crippen LogP contribution in [0.4, 0.5) is 0 Å². The molecule has 130 valence electrons. The number of hydrogen-bond donors (Lipinski definition) is 0. The first-order chi connectivity index (χ1) is 12.4. The lowest BCUT2D eigenvalue weighted by Crippen LogP contribution is -2.27. The van der Waals surface area contributed by atoms with Gasteiger partial charge in [0.2, 0.25) is 0 Å². The molecule has 26 heavy (non-hydrogen) atoms. The van der Waals surface area contributed by atoms with Gasteiger partial charge in [-0.1, -0.05) is 36.4 Å². The number of aryl methyl sites for hydroxylation is 1. The van der Waals surface area contributed by atoms with Gasteiger partial charge in [0.05, 0.1) is 0 Å². The molecule has 0 atom stereocenters. The molecule has 0 unspecified atom stereocenters. The van der Waals surface area contributed by atoms with Crippen molar-refractivity contribution in [1.82, 2.24) is 0 Å². The predicted octanol–water partition coefficient (Wildman–Crippen LogP) is 4.52. The highest BCUT2D eigenvalue weighted by atomic mass is 16.5. The fourth-order valence-electron chi connectivity index (χ4n) is 3.21. The first-order valence-electron chi connectivity index (χ1n) is 8.45. The number of hydrogen-bond acceptors (Lipinski definition) is 4. The van der Waals surface area contributed by atoms with E-state index in [1.165, 1.54) is 0 Å². The summed E-state index contributed by atoms with van der Waals surface area (Å²) < 4.78 is 11.4. The number of benzene rings is 2. The molecule has 0 N–H and O–H groups in total. The van der Waals surface area contributed by atoms with Gasteiger partial charge >= 0.3 is 5.63 Å². The van der Waals surface area contributed by atoms with Crippen LogP contribution in [0.5, 0.6) is 5.75 Å². The highest BCUT2D eigenvalue weighted by Crippen LogP contribution is 2.37. The Hall–Kier alpha value is -3.14. The zero-order chi connectivity index (χ0) is 18.5. The summed E-state index contributed by atoms with van der Waals surface area (Å²) in [6, 6.07) is 12.1. The quantitative estimate of drug-likeness (QED) is 0.506. The van der Waals surface area contributed by atoms with Crippen LogP contribution < -0.4 is 10.4 Å². The summed E-state index contributed by atoms with van der Waals surface area (Å²) in [7, 11) is 0. The van der Waals surface area contributed by atoms with E-state index < -0.39 is 11.2 Å². The zero-order valence-corrected chi connectivity index (χ0v) is 14.8. The second kappa shape index (κ2) is 5.70. The maximum Gasteiger partial charge on any atom is 0.347 e. The summed E-state index contributed by atoms with van der Waals surface area (Å²) in [5, 5.41) is 0.732. The molecule has 2 heterocycles. The highest BCUT2D eigenvalue weighted by Gasteiger charge is 2.25. The first kappa shape index (κ1) is 16.3. The van der Waals surface area contributed by atoms with E-state index in [0.717, 1.165) is 16.5 Å². The first-order valence-corrected chi connectivity index (χ1v) is 8.45. The number of carbonyl (C=O) groups is 1. The molecule has 0 saturated heterocycles. The fourth-order valence-corrected chi connectivity index (χ4v) is 3.21. The van der Waals surface area contributed by atoms with Crippen LogP contribution in [0, 0.1) is 6.92 Å². The predicted molar refractivity (Wildman–Crippen MR) is 101 cm³/mol. The van der Waals surface area contributed by atoms with Crippen molar-refractivity contribution in [2.45, 2.75) is 26.4 Å². The highest BCUT2D eigenvalue weighted by molar-refractivity contribution is 6.10. The third kappa shape index (κ3) is 2.64. The van der Waals surface area contributed by atoms with Gasteiger partial charge in [-0.25, -0.2) is 4.79 Å². The molecule has 0 amide bonds. The molecule has 3 aromatic rings. The average Bonchev–Trinajstić information content (AvgIpc) is 2.60. The lowest BCUT2D eigenvalue weighted by Gasteiger charge is -2.28. The largest absolute Gasteiger partial charge is 0.483 e. The lowest BCUT2D eigenvalue weighted by molar-refractivity contribution is 0.103. The number of fused-ring (bicyclic) bond motifs is 2. The van der Waals surface area contributed by atoms with Crippen LogP contribution >= 0.6 is 0 Å². The molecule has 0 fully saturated rings. The van der Waals surface area contributed by atoms with Gasteiger partial charge in [-0.3, -0.25) is 4.79 Å². The van der Waals surface area contributed by atoms with Crippen molar-refractivity contribution in [3.63, 3.8) is 0 Å². The molecular weight excluding hydrogens is 328 g/mol. The molecule has 0 saturated carbocycles. The Kier molecular flexibility index (Phi) is 3.58. The summed E-state index contributed by atoms with van der Waals surface area (Å²) in [6.45, 7) is 5.86. The van der Waals surface area contributed by atoms with E-state index in [2.05, 4.69) is 0 Å². The summed E-state index contributed by atoms with van der Waals surface area (Å²) in [5.41, 5.74) is 1.70. The molecule has 0 bridgehead atoms. The van der Waals surface area contributed by atoms with Crippen LogP contribution in [-0.4, -0.2) is 11.4 Å². The minimum Gasteiger partial charge on any atom is -0.483 e. The minimum atomic E-state index is -0.642. The van der Waals surface area contributed by atoms with Crippen molar-refractivity contribution in [3.8, 4) is 5.75 Å². The number of rotatable bonds is 2. The van der Waals surface area contributed by atoms with Gasteiger partial charge in [0.15, 0.2) is 5.78 Å². The fraction of sp³-hybridized carbons (Fsp3) is 0.182. The van der Waals surface area contributed by atoms with E-state index in [1.807, 2.05) is 39.0 Å². The maximum absolute atomic E-state index is 12.7. The van der Waals surface area contributed by atoms with Crippen molar-refractivity contribution in [3.05, 3.63) is 81.2 Å². The Bertz CT molecular complexity index is 1120. The van der Waals surface area contributed by atoms with E-state index >= 15 is 0 Å². The number of carbonyl (C=O) groups excluding carboxylic acids is 1. The topological polar surface area (TPSA) is 56.5 Å². The SMILES string of the molecule is Cc1c2c(cc3oc(=O)c(C(=O)c4ccccc4)cc13)OC(C)(C)C=C2. The summed E-state index contributed by atoms with van der Waals surface area (Å²) >= 11 is 0. The molecule has 1 aliphatic rings. The van der Waals surface area contributed by atoms with Crippen molar-refractivity contribution in [2.75, 3.05) is 0 Å². The third-order valence-corrected chi connectivity index (χ3v) is 4.62. The van der Waals surface area contributed by atoms with Gasteiger partial charge in [-0.05, 0) is 38.5 Å². The molecular formula is C22H18O4. The molecule has 4 heteroatoms. The monoisotopic (exact) mass is 346 g/mol. The Morgan fingerprint density at radius 3 is 2.54 bits per heavy atom. The van der Waals surface area contributed by atoms with Gasteiger partial charge in [-0.15, -0.1) is 0 Å². The second-order valence-corrected chi connectivity index (χ2v) is 7.01. The van der Waals surface area contributed by atoms with E-state index in [9.17, 15) is 9.59 Å².